The number of hydrogen-bond acceptors (Lipinski definition) is 7. The summed E-state index contributed by atoms with van der Waals surface area (Å²) in [5.74, 6) is 0.0875. The molecule has 0 aromatic heterocycles. The summed E-state index contributed by atoms with van der Waals surface area (Å²) >= 11 is 0. The molecule has 1 N–H and O–H groups in total. The summed E-state index contributed by atoms with van der Waals surface area (Å²) in [5, 5.41) is 10.2. The summed E-state index contributed by atoms with van der Waals surface area (Å²) in [4.78, 5) is 0. The van der Waals surface area contributed by atoms with Gasteiger partial charge in [-0.25, -0.2) is 0 Å². The van der Waals surface area contributed by atoms with E-state index in [9.17, 15) is 5.11 Å². The molecule has 0 saturated carbocycles. The molecule has 1 heterocycles. The average molecular weight is 376 g/mol. The molecular weight excluding hydrogens is 352 g/mol. The van der Waals surface area contributed by atoms with Crippen molar-refractivity contribution in [3.63, 3.8) is 0 Å². The van der Waals surface area contributed by atoms with Gasteiger partial charge in [-0.3, -0.25) is 0 Å². The van der Waals surface area contributed by atoms with Crippen LogP contribution in [0.2, 0.25) is 0 Å². The molecule has 2 atom stereocenters. The van der Waals surface area contributed by atoms with Gasteiger partial charge in [-0.05, 0) is 30.7 Å². The summed E-state index contributed by atoms with van der Waals surface area (Å²) in [5.41, 5.74) is 2.73. The molecule has 0 spiro atoms. The van der Waals surface area contributed by atoms with Gasteiger partial charge in [0, 0.05) is 25.8 Å². The van der Waals surface area contributed by atoms with Crippen LogP contribution < -0.4 is 14.2 Å². The highest BCUT2D eigenvalue weighted by molar-refractivity contribution is 5.59. The van der Waals surface area contributed by atoms with Crippen molar-refractivity contribution in [1.29, 1.82) is 0 Å². The fourth-order valence-corrected chi connectivity index (χ4v) is 3.56. The lowest BCUT2D eigenvalue weighted by atomic mass is 9.92. The summed E-state index contributed by atoms with van der Waals surface area (Å²) in [6, 6.07) is 6.84. The molecule has 7 heteroatoms. The topological polar surface area (TPSA) is 75.6 Å². The van der Waals surface area contributed by atoms with Gasteiger partial charge < -0.3 is 33.5 Å². The summed E-state index contributed by atoms with van der Waals surface area (Å²) in [6.45, 7) is 1.93. The van der Waals surface area contributed by atoms with Crippen LogP contribution in [-0.2, 0) is 20.0 Å². The van der Waals surface area contributed by atoms with Crippen molar-refractivity contribution in [2.75, 3.05) is 35.5 Å². The number of aromatic hydroxyl groups is 1. The van der Waals surface area contributed by atoms with E-state index in [2.05, 4.69) is 0 Å². The highest BCUT2D eigenvalue weighted by Gasteiger charge is 2.51. The Morgan fingerprint density at radius 3 is 2.15 bits per heavy atom. The summed E-state index contributed by atoms with van der Waals surface area (Å²) < 4.78 is 34.2. The fraction of sp³-hybridized carbons (Fsp3) is 0.400. The molecule has 0 fully saturated rings. The van der Waals surface area contributed by atoms with Crippen LogP contribution in [0, 0.1) is 6.92 Å². The van der Waals surface area contributed by atoms with E-state index in [1.54, 1.807) is 20.3 Å². The molecule has 2 aromatic rings. The highest BCUT2D eigenvalue weighted by atomic mass is 16.8. The highest BCUT2D eigenvalue weighted by Crippen LogP contribution is 2.55. The lowest BCUT2D eigenvalue weighted by Gasteiger charge is -2.31. The zero-order chi connectivity index (χ0) is 19.8. The van der Waals surface area contributed by atoms with Crippen LogP contribution in [-0.4, -0.2) is 40.7 Å². The minimum Gasteiger partial charge on any atom is -0.508 e. The van der Waals surface area contributed by atoms with E-state index in [0.29, 0.717) is 33.9 Å². The van der Waals surface area contributed by atoms with E-state index in [1.165, 1.54) is 27.4 Å². The van der Waals surface area contributed by atoms with E-state index >= 15 is 0 Å². The molecule has 27 heavy (non-hydrogen) atoms. The molecule has 0 amide bonds. The van der Waals surface area contributed by atoms with Crippen molar-refractivity contribution in [1.82, 2.24) is 0 Å². The third-order valence-electron chi connectivity index (χ3n) is 4.69. The van der Waals surface area contributed by atoms with Crippen molar-refractivity contribution in [3.05, 3.63) is 46.5 Å². The largest absolute Gasteiger partial charge is 0.508 e. The van der Waals surface area contributed by atoms with E-state index in [-0.39, 0.29) is 5.75 Å². The smallest absolute Gasteiger partial charge is 0.229 e. The zero-order valence-electron chi connectivity index (χ0n) is 16.3. The Morgan fingerprint density at radius 1 is 0.889 bits per heavy atom. The van der Waals surface area contributed by atoms with E-state index in [0.717, 1.165) is 5.56 Å². The van der Waals surface area contributed by atoms with Crippen LogP contribution in [0.5, 0.6) is 23.0 Å². The molecule has 1 aliphatic rings. The number of methoxy groups -OCH3 is 5. The van der Waals surface area contributed by atoms with Gasteiger partial charge >= 0.3 is 0 Å². The Hall–Kier alpha value is -2.48. The summed E-state index contributed by atoms with van der Waals surface area (Å²) in [7, 11) is 7.68. The molecule has 0 radical (unpaired) electrons. The van der Waals surface area contributed by atoms with Gasteiger partial charge in [0.25, 0.3) is 0 Å². The third-order valence-corrected chi connectivity index (χ3v) is 4.69. The van der Waals surface area contributed by atoms with Crippen LogP contribution in [0.15, 0.2) is 24.3 Å². The number of ether oxygens (including phenoxy) is 6. The Morgan fingerprint density at radius 2 is 1.59 bits per heavy atom. The van der Waals surface area contributed by atoms with Crippen LogP contribution >= 0.6 is 0 Å². The lowest BCUT2D eigenvalue weighted by molar-refractivity contribution is -0.268. The molecule has 0 saturated heterocycles. The Balaban J connectivity index is 2.37. The van der Waals surface area contributed by atoms with Crippen LogP contribution in [0.25, 0.3) is 0 Å². The first-order valence-electron chi connectivity index (χ1n) is 8.35. The first-order valence-corrected chi connectivity index (χ1v) is 8.35. The molecule has 1 aliphatic heterocycles. The Bertz CT molecular complexity index is 849. The van der Waals surface area contributed by atoms with E-state index in [1.807, 2.05) is 19.1 Å². The number of aryl methyl sites for hydroxylation is 1. The van der Waals surface area contributed by atoms with Crippen molar-refractivity contribution in [3.8, 4) is 23.0 Å². The second-order valence-electron chi connectivity index (χ2n) is 6.16. The maximum atomic E-state index is 10.2. The van der Waals surface area contributed by atoms with Crippen molar-refractivity contribution < 1.29 is 33.5 Å². The SMILES string of the molecule is COc1cc(C)cc(C2(OC)OC(OC)c3c(OC)cc(O)cc32)c1OC. The number of hydrogen-bond donors (Lipinski definition) is 1. The van der Waals surface area contributed by atoms with Crippen LogP contribution in [0.4, 0.5) is 0 Å². The molecule has 2 aromatic carbocycles. The van der Waals surface area contributed by atoms with Crippen LogP contribution in [0.1, 0.15) is 28.5 Å². The molecule has 146 valence electrons. The first kappa shape index (κ1) is 19.3. The Kier molecular flexibility index (Phi) is 5.19. The van der Waals surface area contributed by atoms with E-state index < -0.39 is 12.1 Å². The molecular formula is C20H24O7. The minimum atomic E-state index is -1.38. The first-order chi connectivity index (χ1) is 12.9. The molecule has 2 unspecified atom stereocenters. The predicted molar refractivity (Wildman–Crippen MR) is 97.6 cm³/mol. The van der Waals surface area contributed by atoms with Crippen molar-refractivity contribution in [2.24, 2.45) is 0 Å². The lowest BCUT2D eigenvalue weighted by Crippen LogP contribution is -2.31. The van der Waals surface area contributed by atoms with Gasteiger partial charge in [-0.1, -0.05) is 0 Å². The molecule has 0 bridgehead atoms. The number of benzene rings is 2. The minimum absolute atomic E-state index is 0.0194. The van der Waals surface area contributed by atoms with E-state index in [4.69, 9.17) is 28.4 Å². The van der Waals surface area contributed by atoms with Gasteiger partial charge in [-0.2, -0.15) is 0 Å². The van der Waals surface area contributed by atoms with Gasteiger partial charge in [0.1, 0.15) is 11.5 Å². The quantitative estimate of drug-likeness (QED) is 0.829. The number of phenols is 1. The monoisotopic (exact) mass is 376 g/mol. The average Bonchev–Trinajstić information content (AvgIpc) is 3.01. The Labute approximate surface area is 158 Å². The van der Waals surface area contributed by atoms with Crippen LogP contribution in [0.3, 0.4) is 0 Å². The summed E-state index contributed by atoms with van der Waals surface area (Å²) in [6.07, 6.45) is -0.758. The van der Waals surface area contributed by atoms with Gasteiger partial charge in [0.15, 0.2) is 17.8 Å². The fourth-order valence-electron chi connectivity index (χ4n) is 3.56. The molecule has 3 rings (SSSR count). The standard InChI is InChI=1S/C20H24O7/c1-11-7-14(18(24-4)16(8-11)23-3)20(26-6)13-9-12(21)10-15(22-2)17(13)19(25-5)27-20/h7-10,19,21H,1-6H3. The maximum Gasteiger partial charge on any atom is 0.229 e. The van der Waals surface area contributed by atoms with Crippen molar-refractivity contribution >= 4 is 0 Å². The number of fused-ring (bicyclic) bond motifs is 1. The number of phenolic OH excluding ortho intramolecular Hbond substituents is 1. The van der Waals surface area contributed by atoms with Gasteiger partial charge in [-0.15, -0.1) is 0 Å². The maximum absolute atomic E-state index is 10.2. The predicted octanol–water partition coefficient (Wildman–Crippen LogP) is 3.25. The van der Waals surface area contributed by atoms with Gasteiger partial charge in [0.2, 0.25) is 5.79 Å². The second kappa shape index (κ2) is 7.26. The second-order valence-corrected chi connectivity index (χ2v) is 6.16. The normalized spacial score (nSPS) is 21.0. The van der Waals surface area contributed by atoms with Crippen molar-refractivity contribution in [2.45, 2.75) is 19.0 Å². The van der Waals surface area contributed by atoms with Gasteiger partial charge in [0.05, 0.1) is 32.5 Å². The zero-order valence-corrected chi connectivity index (χ0v) is 16.3. The third kappa shape index (κ3) is 2.88. The number of rotatable bonds is 6. The molecule has 7 nitrogen and oxygen atoms in total. The molecule has 0 aliphatic carbocycles.